The molecule has 3 nitrogen and oxygen atoms in total. The number of anilines is 1. The molecule has 0 aliphatic heterocycles. The fourth-order valence-electron chi connectivity index (χ4n) is 2.69. The van der Waals surface area contributed by atoms with Crippen LogP contribution in [0.4, 0.5) is 5.69 Å². The molecule has 18 heavy (non-hydrogen) atoms. The highest BCUT2D eigenvalue weighted by Crippen LogP contribution is 2.26. The van der Waals surface area contributed by atoms with E-state index >= 15 is 0 Å². The molecule has 0 bridgehead atoms. The normalized spacial score (nSPS) is 23.9. The van der Waals surface area contributed by atoms with E-state index in [2.05, 4.69) is 23.5 Å². The Kier molecular flexibility index (Phi) is 5.02. The summed E-state index contributed by atoms with van der Waals surface area (Å²) < 4.78 is 10.8. The minimum absolute atomic E-state index is 0.328. The summed E-state index contributed by atoms with van der Waals surface area (Å²) >= 11 is 0. The van der Waals surface area contributed by atoms with Crippen LogP contribution in [0.2, 0.25) is 0 Å². The van der Waals surface area contributed by atoms with Gasteiger partial charge in [-0.25, -0.2) is 0 Å². The molecule has 0 saturated heterocycles. The first-order valence-corrected chi connectivity index (χ1v) is 6.71. The van der Waals surface area contributed by atoms with Crippen molar-refractivity contribution in [1.82, 2.24) is 0 Å². The number of nitrogens with one attached hydrogen (secondary N) is 1. The third-order valence-electron chi connectivity index (χ3n) is 3.66. The predicted molar refractivity (Wildman–Crippen MR) is 73.8 cm³/mol. The summed E-state index contributed by atoms with van der Waals surface area (Å²) in [5, 5.41) is 3.63. The summed E-state index contributed by atoms with van der Waals surface area (Å²) in [6.07, 6.45) is 5.22. The molecule has 3 heteroatoms. The number of methoxy groups -OCH3 is 2. The smallest absolute Gasteiger partial charge is 0.0772 e. The van der Waals surface area contributed by atoms with Crippen molar-refractivity contribution < 1.29 is 9.47 Å². The largest absolute Gasteiger partial charge is 0.380 e. The molecule has 1 N–H and O–H groups in total. The molecule has 0 heterocycles. The highest BCUT2D eigenvalue weighted by atomic mass is 16.5. The lowest BCUT2D eigenvalue weighted by atomic mass is 9.92. The molecule has 1 aliphatic rings. The zero-order chi connectivity index (χ0) is 12.8. The first-order valence-electron chi connectivity index (χ1n) is 6.71. The maximum atomic E-state index is 5.58. The van der Waals surface area contributed by atoms with Crippen molar-refractivity contribution in [3.05, 3.63) is 29.8 Å². The lowest BCUT2D eigenvalue weighted by molar-refractivity contribution is 0.0605. The van der Waals surface area contributed by atoms with Gasteiger partial charge < -0.3 is 14.8 Å². The van der Waals surface area contributed by atoms with Gasteiger partial charge in [-0.15, -0.1) is 0 Å². The van der Waals surface area contributed by atoms with E-state index in [-0.39, 0.29) is 0 Å². The second kappa shape index (κ2) is 6.76. The molecule has 0 radical (unpaired) electrons. The van der Waals surface area contributed by atoms with E-state index in [0.717, 1.165) is 6.42 Å². The Morgan fingerprint density at radius 1 is 1.17 bits per heavy atom. The molecule has 2 rings (SSSR count). The van der Waals surface area contributed by atoms with Crippen LogP contribution < -0.4 is 5.32 Å². The second-order valence-electron chi connectivity index (χ2n) is 4.90. The van der Waals surface area contributed by atoms with E-state index in [4.69, 9.17) is 9.47 Å². The second-order valence-corrected chi connectivity index (χ2v) is 4.90. The number of ether oxygens (including phenoxy) is 2. The van der Waals surface area contributed by atoms with Crippen LogP contribution in [0.3, 0.4) is 0 Å². The molecule has 1 aliphatic carbocycles. The van der Waals surface area contributed by atoms with Crippen LogP contribution >= 0.6 is 0 Å². The summed E-state index contributed by atoms with van der Waals surface area (Å²) in [6, 6.07) is 8.76. The Bertz CT molecular complexity index is 367. The average molecular weight is 249 g/mol. The van der Waals surface area contributed by atoms with Crippen LogP contribution in [-0.2, 0) is 16.1 Å². The molecule has 2 unspecified atom stereocenters. The predicted octanol–water partition coefficient (Wildman–Crippen LogP) is 3.20. The van der Waals surface area contributed by atoms with Gasteiger partial charge in [0.1, 0.15) is 0 Å². The maximum Gasteiger partial charge on any atom is 0.0772 e. The van der Waals surface area contributed by atoms with Gasteiger partial charge in [0.05, 0.1) is 18.8 Å². The van der Waals surface area contributed by atoms with Crippen LogP contribution in [0.1, 0.15) is 31.2 Å². The molecule has 0 spiro atoms. The highest BCUT2D eigenvalue weighted by Gasteiger charge is 2.25. The van der Waals surface area contributed by atoms with E-state index in [1.807, 2.05) is 13.2 Å². The minimum atomic E-state index is 0.328. The van der Waals surface area contributed by atoms with E-state index in [9.17, 15) is 0 Å². The summed E-state index contributed by atoms with van der Waals surface area (Å²) in [7, 11) is 3.54. The summed E-state index contributed by atoms with van der Waals surface area (Å²) in [5.74, 6) is 0. The Hall–Kier alpha value is -1.06. The van der Waals surface area contributed by atoms with Crippen molar-refractivity contribution in [1.29, 1.82) is 0 Å². The Morgan fingerprint density at radius 3 is 2.72 bits per heavy atom. The molecule has 1 aromatic carbocycles. The van der Waals surface area contributed by atoms with Gasteiger partial charge in [-0.1, -0.05) is 31.0 Å². The van der Waals surface area contributed by atoms with E-state index in [1.54, 1.807) is 7.11 Å². The Labute approximate surface area is 109 Å². The van der Waals surface area contributed by atoms with Crippen LogP contribution in [0.25, 0.3) is 0 Å². The lowest BCUT2D eigenvalue weighted by Gasteiger charge is -2.32. The standard InChI is InChI=1S/C15H23NO2/c1-17-11-12-7-3-4-8-13(12)16-14-9-5-6-10-15(14)18-2/h3-4,7-8,14-16H,5-6,9-11H2,1-2H3. The van der Waals surface area contributed by atoms with E-state index in [1.165, 1.54) is 30.5 Å². The average Bonchev–Trinajstić information content (AvgIpc) is 2.42. The molecule has 0 aromatic heterocycles. The number of rotatable bonds is 5. The van der Waals surface area contributed by atoms with Gasteiger partial charge in [-0.05, 0) is 18.9 Å². The molecule has 1 fully saturated rings. The van der Waals surface area contributed by atoms with Crippen LogP contribution in [0.15, 0.2) is 24.3 Å². The van der Waals surface area contributed by atoms with Crippen molar-refractivity contribution >= 4 is 5.69 Å². The molecular formula is C15H23NO2. The van der Waals surface area contributed by atoms with Gasteiger partial charge in [-0.3, -0.25) is 0 Å². The number of para-hydroxylation sites is 1. The monoisotopic (exact) mass is 249 g/mol. The molecule has 1 aromatic rings. The van der Waals surface area contributed by atoms with Crippen molar-refractivity contribution in [3.8, 4) is 0 Å². The fraction of sp³-hybridized carbons (Fsp3) is 0.600. The quantitative estimate of drug-likeness (QED) is 0.869. The highest BCUT2D eigenvalue weighted by molar-refractivity contribution is 5.51. The van der Waals surface area contributed by atoms with Crippen molar-refractivity contribution in [3.63, 3.8) is 0 Å². The fourth-order valence-corrected chi connectivity index (χ4v) is 2.69. The Morgan fingerprint density at radius 2 is 1.94 bits per heavy atom. The number of hydrogen-bond donors (Lipinski definition) is 1. The SMILES string of the molecule is COCc1ccccc1NC1CCCCC1OC. The van der Waals surface area contributed by atoms with Gasteiger partial charge in [0.15, 0.2) is 0 Å². The minimum Gasteiger partial charge on any atom is -0.380 e. The van der Waals surface area contributed by atoms with Gasteiger partial charge in [0.2, 0.25) is 0 Å². The molecule has 0 amide bonds. The van der Waals surface area contributed by atoms with Crippen molar-refractivity contribution in [2.45, 2.75) is 44.4 Å². The van der Waals surface area contributed by atoms with Crippen molar-refractivity contribution in [2.75, 3.05) is 19.5 Å². The molecule has 1 saturated carbocycles. The number of benzene rings is 1. The third-order valence-corrected chi connectivity index (χ3v) is 3.66. The van der Waals surface area contributed by atoms with Gasteiger partial charge in [0.25, 0.3) is 0 Å². The lowest BCUT2D eigenvalue weighted by Crippen LogP contribution is -2.38. The zero-order valence-corrected chi connectivity index (χ0v) is 11.3. The van der Waals surface area contributed by atoms with Gasteiger partial charge in [-0.2, -0.15) is 0 Å². The zero-order valence-electron chi connectivity index (χ0n) is 11.3. The first kappa shape index (κ1) is 13.4. The van der Waals surface area contributed by atoms with Crippen LogP contribution in [0, 0.1) is 0 Å². The van der Waals surface area contributed by atoms with Crippen LogP contribution in [-0.4, -0.2) is 26.4 Å². The maximum absolute atomic E-state index is 5.58. The van der Waals surface area contributed by atoms with Gasteiger partial charge in [0, 0.05) is 25.5 Å². The Balaban J connectivity index is 2.07. The molecule has 2 atom stereocenters. The van der Waals surface area contributed by atoms with Crippen LogP contribution in [0.5, 0.6) is 0 Å². The first-order chi connectivity index (χ1) is 8.85. The third kappa shape index (κ3) is 3.24. The summed E-state index contributed by atoms with van der Waals surface area (Å²) in [5.41, 5.74) is 2.38. The van der Waals surface area contributed by atoms with Crippen molar-refractivity contribution in [2.24, 2.45) is 0 Å². The van der Waals surface area contributed by atoms with Gasteiger partial charge >= 0.3 is 0 Å². The molecule has 100 valence electrons. The topological polar surface area (TPSA) is 30.5 Å². The summed E-state index contributed by atoms with van der Waals surface area (Å²) in [6.45, 7) is 0.646. The summed E-state index contributed by atoms with van der Waals surface area (Å²) in [4.78, 5) is 0. The number of hydrogen-bond acceptors (Lipinski definition) is 3. The van der Waals surface area contributed by atoms with E-state index < -0.39 is 0 Å². The molecular weight excluding hydrogens is 226 g/mol. The van der Waals surface area contributed by atoms with E-state index in [0.29, 0.717) is 18.8 Å².